The van der Waals surface area contributed by atoms with Crippen molar-refractivity contribution >= 4 is 6.16 Å². The molecule has 8 heteroatoms. The number of carbonyl (C=O) groups is 1. The number of aryl methyl sites for hydroxylation is 2. The maximum atomic E-state index is 13.7. The molecule has 0 aromatic heterocycles. The van der Waals surface area contributed by atoms with Crippen molar-refractivity contribution in [1.29, 1.82) is 0 Å². The minimum Gasteiger partial charge on any atom is -0.488 e. The molecule has 2 rings (SSSR count). The number of benzene rings is 2. The highest BCUT2D eigenvalue weighted by atomic mass is 19.4. The van der Waals surface area contributed by atoms with Gasteiger partial charge in [-0.3, -0.25) is 0 Å². The average molecular weight is 372 g/mol. The Balaban J connectivity index is 2.35. The van der Waals surface area contributed by atoms with Gasteiger partial charge in [0.1, 0.15) is 23.9 Å². The number of ether oxygens (including phenoxy) is 3. The minimum atomic E-state index is -4.70. The summed E-state index contributed by atoms with van der Waals surface area (Å²) in [5.74, 6) is -1.38. The Labute approximate surface area is 147 Å². The topological polar surface area (TPSA) is 44.8 Å². The van der Waals surface area contributed by atoms with Crippen LogP contribution in [-0.2, 0) is 17.5 Å². The number of halogens is 4. The largest absolute Gasteiger partial charge is 0.513 e. The molecule has 0 N–H and O–H groups in total. The molecule has 0 saturated heterocycles. The van der Waals surface area contributed by atoms with Gasteiger partial charge in [-0.25, -0.2) is 9.18 Å². The van der Waals surface area contributed by atoms with E-state index < -0.39 is 29.5 Å². The lowest BCUT2D eigenvalue weighted by Gasteiger charge is -2.17. The van der Waals surface area contributed by atoms with Gasteiger partial charge in [-0.1, -0.05) is 12.1 Å². The second-order valence-electron chi connectivity index (χ2n) is 5.49. The quantitative estimate of drug-likeness (QED) is 0.421. The standard InChI is InChI=1S/C18H16F4O4/c1-10-5-4-6-15(26-17(23)24-3)12(10)9-25-16-8-14(19)11(2)7-13(16)18(20,21)22/h4-8H,9H2,1-3H3. The summed E-state index contributed by atoms with van der Waals surface area (Å²) in [6.07, 6.45) is -5.68. The number of rotatable bonds is 4. The van der Waals surface area contributed by atoms with Crippen LogP contribution in [0.2, 0.25) is 0 Å². The Bertz CT molecular complexity index is 816. The average Bonchev–Trinajstić information content (AvgIpc) is 2.56. The third kappa shape index (κ3) is 4.44. The first-order valence-corrected chi connectivity index (χ1v) is 7.48. The van der Waals surface area contributed by atoms with Gasteiger partial charge in [0.2, 0.25) is 0 Å². The molecule has 0 amide bonds. The molecule has 0 heterocycles. The van der Waals surface area contributed by atoms with Gasteiger partial charge in [-0.05, 0) is 37.1 Å². The predicted octanol–water partition coefficient (Wildman–Crippen LogP) is 5.19. The predicted molar refractivity (Wildman–Crippen MR) is 84.7 cm³/mol. The van der Waals surface area contributed by atoms with Gasteiger partial charge in [-0.2, -0.15) is 13.2 Å². The highest BCUT2D eigenvalue weighted by molar-refractivity contribution is 5.64. The van der Waals surface area contributed by atoms with Crippen LogP contribution < -0.4 is 9.47 Å². The molecule has 2 aromatic rings. The van der Waals surface area contributed by atoms with E-state index in [1.54, 1.807) is 19.1 Å². The van der Waals surface area contributed by atoms with Gasteiger partial charge < -0.3 is 14.2 Å². The maximum absolute atomic E-state index is 13.7. The van der Waals surface area contributed by atoms with Crippen molar-refractivity contribution in [1.82, 2.24) is 0 Å². The van der Waals surface area contributed by atoms with Crippen LogP contribution in [0.5, 0.6) is 11.5 Å². The Kier molecular flexibility index (Phi) is 5.74. The van der Waals surface area contributed by atoms with E-state index >= 15 is 0 Å². The Hall–Kier alpha value is -2.77. The SMILES string of the molecule is COC(=O)Oc1cccc(C)c1COc1cc(F)c(C)cc1C(F)(F)F. The summed E-state index contributed by atoms with van der Waals surface area (Å²) in [5.41, 5.74) is -0.268. The molecule has 2 aromatic carbocycles. The molecule has 0 bridgehead atoms. The molecule has 0 aliphatic heterocycles. The van der Waals surface area contributed by atoms with Gasteiger partial charge in [0.25, 0.3) is 0 Å². The molecule has 140 valence electrons. The summed E-state index contributed by atoms with van der Waals surface area (Å²) in [7, 11) is 1.12. The Morgan fingerprint density at radius 3 is 2.38 bits per heavy atom. The highest BCUT2D eigenvalue weighted by Crippen LogP contribution is 2.38. The molecule has 0 unspecified atom stereocenters. The Morgan fingerprint density at radius 1 is 1.08 bits per heavy atom. The third-order valence-corrected chi connectivity index (χ3v) is 3.67. The van der Waals surface area contributed by atoms with Gasteiger partial charge >= 0.3 is 12.3 Å². The molecule has 0 saturated carbocycles. The van der Waals surface area contributed by atoms with Crippen molar-refractivity contribution in [2.45, 2.75) is 26.6 Å². The molecule has 0 fully saturated rings. The van der Waals surface area contributed by atoms with E-state index in [1.807, 2.05) is 0 Å². The van der Waals surface area contributed by atoms with Crippen LogP contribution in [0.25, 0.3) is 0 Å². The van der Waals surface area contributed by atoms with Crippen molar-refractivity contribution in [3.05, 3.63) is 58.4 Å². The van der Waals surface area contributed by atoms with Crippen molar-refractivity contribution < 1.29 is 36.6 Å². The number of carbonyl (C=O) groups excluding carboxylic acids is 1. The van der Waals surface area contributed by atoms with E-state index in [4.69, 9.17) is 9.47 Å². The molecule has 0 aliphatic rings. The van der Waals surface area contributed by atoms with Crippen LogP contribution in [0.1, 0.15) is 22.3 Å². The van der Waals surface area contributed by atoms with Crippen molar-refractivity contribution in [3.63, 3.8) is 0 Å². The lowest BCUT2D eigenvalue weighted by atomic mass is 10.1. The lowest BCUT2D eigenvalue weighted by Crippen LogP contribution is -2.12. The minimum absolute atomic E-state index is 0.0815. The van der Waals surface area contributed by atoms with Crippen molar-refractivity contribution in [2.75, 3.05) is 7.11 Å². The summed E-state index contributed by atoms with van der Waals surface area (Å²) in [6.45, 7) is 2.55. The molecular formula is C18H16F4O4. The number of methoxy groups -OCH3 is 1. The molecule has 0 spiro atoms. The van der Waals surface area contributed by atoms with E-state index in [0.29, 0.717) is 23.3 Å². The van der Waals surface area contributed by atoms with Gasteiger partial charge in [0.15, 0.2) is 0 Å². The smallest absolute Gasteiger partial charge is 0.488 e. The normalized spacial score (nSPS) is 11.2. The van der Waals surface area contributed by atoms with E-state index in [1.165, 1.54) is 13.0 Å². The molecule has 0 radical (unpaired) electrons. The summed E-state index contributed by atoms with van der Waals surface area (Å²) in [6, 6.07) is 6.10. The summed E-state index contributed by atoms with van der Waals surface area (Å²) >= 11 is 0. The van der Waals surface area contributed by atoms with Crippen LogP contribution in [0.15, 0.2) is 30.3 Å². The van der Waals surface area contributed by atoms with Gasteiger partial charge in [0.05, 0.1) is 12.7 Å². The second kappa shape index (κ2) is 7.63. The highest BCUT2D eigenvalue weighted by Gasteiger charge is 2.35. The zero-order chi connectivity index (χ0) is 19.5. The van der Waals surface area contributed by atoms with Crippen molar-refractivity contribution in [2.24, 2.45) is 0 Å². The first-order chi connectivity index (χ1) is 12.1. The monoisotopic (exact) mass is 372 g/mol. The van der Waals surface area contributed by atoms with E-state index in [0.717, 1.165) is 7.11 Å². The van der Waals surface area contributed by atoms with E-state index in [9.17, 15) is 22.4 Å². The van der Waals surface area contributed by atoms with Crippen LogP contribution in [0.4, 0.5) is 22.4 Å². The second-order valence-corrected chi connectivity index (χ2v) is 5.49. The molecule has 26 heavy (non-hydrogen) atoms. The van der Waals surface area contributed by atoms with Gasteiger partial charge in [-0.15, -0.1) is 0 Å². The zero-order valence-corrected chi connectivity index (χ0v) is 14.2. The van der Waals surface area contributed by atoms with Crippen LogP contribution in [0, 0.1) is 19.7 Å². The number of alkyl halides is 3. The number of hydrogen-bond acceptors (Lipinski definition) is 4. The van der Waals surface area contributed by atoms with E-state index in [2.05, 4.69) is 4.74 Å². The number of hydrogen-bond donors (Lipinski definition) is 0. The van der Waals surface area contributed by atoms with E-state index in [-0.39, 0.29) is 17.9 Å². The molecule has 4 nitrogen and oxygen atoms in total. The van der Waals surface area contributed by atoms with Crippen LogP contribution in [0.3, 0.4) is 0 Å². The van der Waals surface area contributed by atoms with Crippen LogP contribution in [-0.4, -0.2) is 13.3 Å². The Morgan fingerprint density at radius 2 is 1.77 bits per heavy atom. The third-order valence-electron chi connectivity index (χ3n) is 3.67. The lowest BCUT2D eigenvalue weighted by molar-refractivity contribution is -0.139. The summed E-state index contributed by atoms with van der Waals surface area (Å²) < 4.78 is 67.8. The fourth-order valence-corrected chi connectivity index (χ4v) is 2.24. The van der Waals surface area contributed by atoms with Crippen LogP contribution >= 0.6 is 0 Å². The fourth-order valence-electron chi connectivity index (χ4n) is 2.24. The first-order valence-electron chi connectivity index (χ1n) is 7.48. The summed E-state index contributed by atoms with van der Waals surface area (Å²) in [5, 5.41) is 0. The fraction of sp³-hybridized carbons (Fsp3) is 0.278. The molecular weight excluding hydrogens is 356 g/mol. The molecule has 0 atom stereocenters. The summed E-state index contributed by atoms with van der Waals surface area (Å²) in [4.78, 5) is 11.3. The van der Waals surface area contributed by atoms with Gasteiger partial charge in [0, 0.05) is 11.6 Å². The zero-order valence-electron chi connectivity index (χ0n) is 14.2. The first kappa shape index (κ1) is 19.6. The molecule has 0 aliphatic carbocycles. The van der Waals surface area contributed by atoms with Crippen molar-refractivity contribution in [3.8, 4) is 11.5 Å². The maximum Gasteiger partial charge on any atom is 0.513 e.